The second-order valence-corrected chi connectivity index (χ2v) is 24.1. The number of benzene rings is 6. The van der Waals surface area contributed by atoms with Crippen LogP contribution < -0.4 is 61.7 Å². The zero-order valence-electron chi connectivity index (χ0n) is 53.4. The predicted octanol–water partition coefficient (Wildman–Crippen LogP) is 9.60. The summed E-state index contributed by atoms with van der Waals surface area (Å²) in [6.45, 7) is 4.80. The van der Waals surface area contributed by atoms with Gasteiger partial charge in [-0.15, -0.1) is 0 Å². The Morgan fingerprint density at radius 3 is 1.54 bits per heavy atom. The van der Waals surface area contributed by atoms with Gasteiger partial charge in [0.05, 0.1) is 69.5 Å². The Hall–Kier alpha value is -12.1. The predicted molar refractivity (Wildman–Crippen MR) is 368 cm³/mol. The zero-order valence-corrected chi connectivity index (χ0v) is 54.2. The van der Waals surface area contributed by atoms with Gasteiger partial charge >= 0.3 is 18.0 Å². The van der Waals surface area contributed by atoms with Crippen LogP contribution in [0.5, 0.6) is 28.7 Å². The average Bonchev–Trinajstić information content (AvgIpc) is 0.791. The summed E-state index contributed by atoms with van der Waals surface area (Å²) < 4.78 is 47.1. The fourth-order valence-corrected chi connectivity index (χ4v) is 10.9. The molecule has 0 bridgehead atoms. The number of pyridine rings is 4. The number of carbonyl (C=O) groups excluding carboxylic acids is 5. The van der Waals surface area contributed by atoms with Crippen LogP contribution in [0, 0.1) is 5.92 Å². The Bertz CT molecular complexity index is 4880. The molecule has 0 aliphatic carbocycles. The maximum Gasteiger partial charge on any atom is 0.354 e. The highest BCUT2D eigenvalue weighted by molar-refractivity contribution is 7.89. The molecule has 29 heteroatoms. The number of aromatic hydroxyl groups is 1. The molecule has 99 heavy (non-hydrogen) atoms. The van der Waals surface area contributed by atoms with Crippen LogP contribution in [0.3, 0.4) is 0 Å². The van der Waals surface area contributed by atoms with E-state index in [9.17, 15) is 57.3 Å². The van der Waals surface area contributed by atoms with Crippen molar-refractivity contribution in [3.05, 3.63) is 179 Å². The van der Waals surface area contributed by atoms with Crippen LogP contribution >= 0.6 is 0 Å². The quantitative estimate of drug-likeness (QED) is 0.0187. The number of hydrogen-bond donors (Lipinski definition) is 11. The van der Waals surface area contributed by atoms with Crippen molar-refractivity contribution < 1.29 is 76.2 Å². The molecule has 0 saturated carbocycles. The normalized spacial score (nSPS) is 11.3. The van der Waals surface area contributed by atoms with E-state index in [-0.39, 0.29) is 133 Å². The minimum atomic E-state index is -3.90. The molecule has 0 radical (unpaired) electrons. The molecule has 28 nitrogen and oxygen atoms in total. The number of aliphatic carboxylic acids is 1. The number of nitrogens with two attached hydrogens (primary N) is 2. The summed E-state index contributed by atoms with van der Waals surface area (Å²) in [6.07, 6.45) is 3.18. The first-order valence-electron chi connectivity index (χ1n) is 31.3. The molecule has 13 N–H and O–H groups in total. The smallest absolute Gasteiger partial charge is 0.354 e. The lowest BCUT2D eigenvalue weighted by atomic mass is 10.1. The number of carboxylic acids is 2. The van der Waals surface area contributed by atoms with Gasteiger partial charge in [-0.1, -0.05) is 63.1 Å². The molecule has 0 fully saturated rings. The van der Waals surface area contributed by atoms with Crippen LogP contribution in [0.15, 0.2) is 150 Å². The zero-order chi connectivity index (χ0) is 70.3. The molecule has 10 aromatic rings. The fraction of sp³-hybridized carbons (Fsp3) is 0.214. The number of nitrogens with zero attached hydrogens (tertiary/aromatic N) is 4. The lowest BCUT2D eigenvalue weighted by Crippen LogP contribution is -2.29. The first-order chi connectivity index (χ1) is 47.7. The maximum absolute atomic E-state index is 14.6. The summed E-state index contributed by atoms with van der Waals surface area (Å²) in [4.78, 5) is 111. The van der Waals surface area contributed by atoms with E-state index in [1.54, 1.807) is 60.7 Å². The number of hydrogen-bond acceptors (Lipinski definition) is 19. The SMILES string of the molecule is CCC(CC)COc1cc(C(=O)Nc2cccc3c(O)cc(C(=O)Nc4cccc5c(OCCCN)cc(C(=O)Nc6cccc7c(OCC(=O)O)cc(C(=O)O)nc67)nc45)nc23)nc2c(NC(=O)NCCCCOc3cccc(CNC(=O)c4ccc(S(N)(=O)=O)cc4)c3)cccc12. The van der Waals surface area contributed by atoms with E-state index >= 15 is 0 Å². The van der Waals surface area contributed by atoms with Gasteiger partial charge in [-0.2, -0.15) is 0 Å². The number of unbranched alkanes of at least 4 members (excludes halogenated alkanes) is 1. The van der Waals surface area contributed by atoms with Crippen LogP contribution in [-0.4, -0.2) is 125 Å². The van der Waals surface area contributed by atoms with Gasteiger partial charge in [0.1, 0.15) is 45.8 Å². The summed E-state index contributed by atoms with van der Waals surface area (Å²) in [7, 11) is -3.90. The largest absolute Gasteiger partial charge is 0.507 e. The first-order valence-corrected chi connectivity index (χ1v) is 32.8. The van der Waals surface area contributed by atoms with E-state index in [1.807, 2.05) is 19.9 Å². The van der Waals surface area contributed by atoms with Crippen LogP contribution in [0.25, 0.3) is 43.6 Å². The third-order valence-electron chi connectivity index (χ3n) is 15.6. The van der Waals surface area contributed by atoms with Crippen molar-refractivity contribution in [3.8, 4) is 28.7 Å². The standard InChI is InChI=1S/C70H68N12O16S/c1-3-39(4-2)37-97-58-34-54(77-64-46(58)18-11-22-51(64)82-70(92)73-28-5-6-29-95-42-14-7-13-40(31-42)36-74-65(86)41-23-25-43(26-24-41)99(72,93)94)68(89)79-48-19-8-15-44-56(83)32-52(75-61(44)48)66(87)80-49-20-9-16-45-57(96-30-12-27-71)33-53(76-62(45)49)67(88)81-50-21-10-17-47-59(98-38-60(84)85)35-55(69(90)91)78-63(47)50/h7-11,13-26,31-35,39H,3-6,12,27-30,36-38,71H2,1-2H3,(H,74,86)(H,75,83)(H,79,89)(H,80,87)(H,81,88)(H,84,85)(H,90,91)(H2,72,93,94)(H2,73,82,92). The Labute approximate surface area is 565 Å². The minimum absolute atomic E-state index is 0.0153. The first kappa shape index (κ1) is 69.7. The molecular weight excluding hydrogens is 1300 g/mol. The molecule has 0 aliphatic rings. The number of amides is 6. The molecule has 0 unspecified atom stereocenters. The number of ether oxygens (including phenoxy) is 4. The number of fused-ring (bicyclic) bond motifs is 4. The molecule has 6 amide bonds. The molecule has 0 saturated heterocycles. The van der Waals surface area contributed by atoms with Crippen molar-refractivity contribution in [1.82, 2.24) is 30.6 Å². The maximum atomic E-state index is 14.6. The third kappa shape index (κ3) is 17.3. The second-order valence-electron chi connectivity index (χ2n) is 22.5. The lowest BCUT2D eigenvalue weighted by molar-refractivity contribution is -0.139. The van der Waals surface area contributed by atoms with Gasteiger partial charge in [-0.05, 0) is 122 Å². The van der Waals surface area contributed by atoms with Crippen LogP contribution in [0.2, 0.25) is 0 Å². The summed E-state index contributed by atoms with van der Waals surface area (Å²) in [5, 5.41) is 53.9. The van der Waals surface area contributed by atoms with Gasteiger partial charge in [-0.3, -0.25) is 19.2 Å². The number of para-hydroxylation sites is 4. The van der Waals surface area contributed by atoms with Gasteiger partial charge in [0.25, 0.3) is 23.6 Å². The number of primary sulfonamides is 1. The lowest BCUT2D eigenvalue weighted by Gasteiger charge is -2.17. The third-order valence-corrected chi connectivity index (χ3v) is 16.6. The van der Waals surface area contributed by atoms with E-state index in [0.29, 0.717) is 54.7 Å². The van der Waals surface area contributed by atoms with E-state index < -0.39 is 63.9 Å². The Kier molecular flexibility index (Phi) is 22.3. The van der Waals surface area contributed by atoms with Crippen molar-refractivity contribution in [2.45, 2.75) is 57.4 Å². The molecule has 6 aromatic carbocycles. The highest BCUT2D eigenvalue weighted by atomic mass is 32.2. The number of aromatic carboxylic acids is 1. The molecule has 0 aliphatic heterocycles. The van der Waals surface area contributed by atoms with Crippen molar-refractivity contribution in [3.63, 3.8) is 0 Å². The Balaban J connectivity index is 0.837. The summed E-state index contributed by atoms with van der Waals surface area (Å²) in [6, 6.07) is 36.0. The number of rotatable bonds is 30. The number of nitrogens with one attached hydrogen (secondary N) is 6. The number of anilines is 4. The number of carbonyl (C=O) groups is 7. The van der Waals surface area contributed by atoms with Crippen LogP contribution in [-0.2, 0) is 21.4 Å². The molecular formula is C70H68N12O16S. The minimum Gasteiger partial charge on any atom is -0.507 e. The molecule has 510 valence electrons. The van der Waals surface area contributed by atoms with Gasteiger partial charge in [0.2, 0.25) is 10.0 Å². The van der Waals surface area contributed by atoms with Crippen molar-refractivity contribution in [2.24, 2.45) is 16.8 Å². The number of carboxylic acid groups (broad SMARTS) is 2. The molecule has 10 rings (SSSR count). The van der Waals surface area contributed by atoms with Gasteiger partial charge in [-0.25, -0.2) is 47.9 Å². The number of aromatic nitrogens is 4. The van der Waals surface area contributed by atoms with Crippen LogP contribution in [0.4, 0.5) is 27.5 Å². The summed E-state index contributed by atoms with van der Waals surface area (Å²) in [5.41, 5.74) is 6.45. The van der Waals surface area contributed by atoms with Crippen LogP contribution in [0.1, 0.15) is 104 Å². The second kappa shape index (κ2) is 31.6. The highest BCUT2D eigenvalue weighted by Gasteiger charge is 2.24. The van der Waals surface area contributed by atoms with Crippen molar-refractivity contribution in [1.29, 1.82) is 0 Å². The monoisotopic (exact) mass is 1360 g/mol. The van der Waals surface area contributed by atoms with Crippen molar-refractivity contribution in [2.75, 3.05) is 60.8 Å². The Morgan fingerprint density at radius 2 is 1.00 bits per heavy atom. The van der Waals surface area contributed by atoms with E-state index in [0.717, 1.165) is 30.5 Å². The van der Waals surface area contributed by atoms with Crippen molar-refractivity contribution >= 4 is 118 Å². The fourth-order valence-electron chi connectivity index (χ4n) is 10.4. The van der Waals surface area contributed by atoms with E-state index in [4.69, 9.17) is 34.8 Å². The number of sulfonamides is 1. The van der Waals surface area contributed by atoms with Gasteiger partial charge < -0.3 is 71.9 Å². The van der Waals surface area contributed by atoms with E-state index in [1.165, 1.54) is 66.7 Å². The highest BCUT2D eigenvalue weighted by Crippen LogP contribution is 2.37. The molecule has 4 aromatic heterocycles. The average molecular weight is 1370 g/mol. The number of urea groups is 1. The Morgan fingerprint density at radius 1 is 0.515 bits per heavy atom. The molecule has 0 atom stereocenters. The summed E-state index contributed by atoms with van der Waals surface area (Å²) in [5.74, 6) is -4.77. The summed E-state index contributed by atoms with van der Waals surface area (Å²) >= 11 is 0. The molecule has 4 heterocycles. The van der Waals surface area contributed by atoms with Gasteiger partial charge in [0.15, 0.2) is 12.3 Å². The van der Waals surface area contributed by atoms with Gasteiger partial charge in [0, 0.05) is 64.5 Å². The molecule has 0 spiro atoms. The van der Waals surface area contributed by atoms with E-state index in [2.05, 4.69) is 46.9 Å². The topological polar surface area (TPSA) is 427 Å².